The monoisotopic (exact) mass is 242 g/mol. The van der Waals surface area contributed by atoms with Crippen molar-refractivity contribution < 1.29 is 0 Å². The Labute approximate surface area is 109 Å². The Bertz CT molecular complexity index is 488. The highest BCUT2D eigenvalue weighted by Crippen LogP contribution is 2.26. The van der Waals surface area contributed by atoms with E-state index in [2.05, 4.69) is 48.4 Å². The lowest BCUT2D eigenvalue weighted by molar-refractivity contribution is 0.497. The van der Waals surface area contributed by atoms with Gasteiger partial charge in [-0.15, -0.1) is 0 Å². The number of fused-ring (bicyclic) bond motifs is 1. The van der Waals surface area contributed by atoms with Crippen molar-refractivity contribution in [2.75, 3.05) is 6.54 Å². The van der Waals surface area contributed by atoms with E-state index in [1.807, 2.05) is 12.4 Å². The molecule has 96 valence electrons. The first kappa shape index (κ1) is 13.0. The van der Waals surface area contributed by atoms with E-state index in [1.54, 1.807) is 0 Å². The SMILES string of the molecule is CCCCC(NCC)c1cccc2ccncc12. The molecule has 0 aliphatic rings. The summed E-state index contributed by atoms with van der Waals surface area (Å²) >= 11 is 0. The zero-order valence-corrected chi connectivity index (χ0v) is 11.3. The molecule has 2 rings (SSSR count). The molecule has 1 aromatic carbocycles. The van der Waals surface area contributed by atoms with Crippen LogP contribution in [0.2, 0.25) is 0 Å². The molecule has 0 amide bonds. The molecule has 0 spiro atoms. The minimum Gasteiger partial charge on any atom is -0.310 e. The van der Waals surface area contributed by atoms with Gasteiger partial charge in [-0.05, 0) is 30.0 Å². The summed E-state index contributed by atoms with van der Waals surface area (Å²) in [4.78, 5) is 4.27. The number of nitrogens with zero attached hydrogens (tertiary/aromatic N) is 1. The van der Waals surface area contributed by atoms with Crippen LogP contribution in [0.5, 0.6) is 0 Å². The van der Waals surface area contributed by atoms with Gasteiger partial charge in [0.15, 0.2) is 0 Å². The largest absolute Gasteiger partial charge is 0.310 e. The lowest BCUT2D eigenvalue weighted by Crippen LogP contribution is -2.21. The number of hydrogen-bond donors (Lipinski definition) is 1. The third-order valence-corrected chi connectivity index (χ3v) is 3.39. The fourth-order valence-corrected chi connectivity index (χ4v) is 2.46. The smallest absolute Gasteiger partial charge is 0.0349 e. The highest BCUT2D eigenvalue weighted by molar-refractivity contribution is 5.85. The van der Waals surface area contributed by atoms with E-state index in [0.29, 0.717) is 6.04 Å². The molecule has 1 heterocycles. The van der Waals surface area contributed by atoms with Crippen LogP contribution in [0, 0.1) is 0 Å². The topological polar surface area (TPSA) is 24.9 Å². The number of hydrogen-bond acceptors (Lipinski definition) is 2. The van der Waals surface area contributed by atoms with Crippen molar-refractivity contribution in [3.63, 3.8) is 0 Å². The quantitative estimate of drug-likeness (QED) is 0.825. The van der Waals surface area contributed by atoms with Gasteiger partial charge in [-0.3, -0.25) is 4.98 Å². The Morgan fingerprint density at radius 1 is 1.22 bits per heavy atom. The fourth-order valence-electron chi connectivity index (χ4n) is 2.46. The van der Waals surface area contributed by atoms with Crippen LogP contribution in [-0.2, 0) is 0 Å². The fraction of sp³-hybridized carbons (Fsp3) is 0.438. The molecule has 1 N–H and O–H groups in total. The molecule has 0 aliphatic carbocycles. The highest BCUT2D eigenvalue weighted by Gasteiger charge is 2.12. The second kappa shape index (κ2) is 6.50. The van der Waals surface area contributed by atoms with Gasteiger partial charge in [-0.2, -0.15) is 0 Å². The number of pyridine rings is 1. The number of aromatic nitrogens is 1. The molecule has 2 aromatic rings. The summed E-state index contributed by atoms with van der Waals surface area (Å²) in [5.41, 5.74) is 1.39. The van der Waals surface area contributed by atoms with Crippen LogP contribution in [-0.4, -0.2) is 11.5 Å². The maximum absolute atomic E-state index is 4.27. The van der Waals surface area contributed by atoms with E-state index in [9.17, 15) is 0 Å². The molecule has 1 unspecified atom stereocenters. The van der Waals surface area contributed by atoms with E-state index in [1.165, 1.54) is 35.6 Å². The van der Waals surface area contributed by atoms with Crippen molar-refractivity contribution in [3.8, 4) is 0 Å². The number of rotatable bonds is 6. The van der Waals surface area contributed by atoms with Gasteiger partial charge in [-0.25, -0.2) is 0 Å². The molecule has 1 atom stereocenters. The molecule has 1 aromatic heterocycles. The Kier molecular flexibility index (Phi) is 4.71. The van der Waals surface area contributed by atoms with E-state index in [-0.39, 0.29) is 0 Å². The average Bonchev–Trinajstić information content (AvgIpc) is 2.43. The van der Waals surface area contributed by atoms with Crippen LogP contribution in [0.1, 0.15) is 44.7 Å². The summed E-state index contributed by atoms with van der Waals surface area (Å²) in [5.74, 6) is 0. The maximum Gasteiger partial charge on any atom is 0.0349 e. The molecule has 0 bridgehead atoms. The van der Waals surface area contributed by atoms with Crippen LogP contribution in [0.25, 0.3) is 10.8 Å². The van der Waals surface area contributed by atoms with Crippen molar-refractivity contribution in [2.24, 2.45) is 0 Å². The van der Waals surface area contributed by atoms with Crippen LogP contribution < -0.4 is 5.32 Å². The van der Waals surface area contributed by atoms with E-state index < -0.39 is 0 Å². The molecule has 2 nitrogen and oxygen atoms in total. The van der Waals surface area contributed by atoms with Crippen LogP contribution in [0.4, 0.5) is 0 Å². The normalized spacial score (nSPS) is 12.8. The summed E-state index contributed by atoms with van der Waals surface area (Å²) in [6.07, 6.45) is 7.54. The van der Waals surface area contributed by atoms with Crippen LogP contribution in [0.3, 0.4) is 0 Å². The molecular weight excluding hydrogens is 220 g/mol. The molecule has 0 radical (unpaired) electrons. The van der Waals surface area contributed by atoms with E-state index in [0.717, 1.165) is 6.54 Å². The molecule has 0 saturated carbocycles. The second-order valence-electron chi connectivity index (χ2n) is 4.70. The number of benzene rings is 1. The van der Waals surface area contributed by atoms with Gasteiger partial charge in [0, 0.05) is 23.8 Å². The van der Waals surface area contributed by atoms with Crippen molar-refractivity contribution in [1.82, 2.24) is 10.3 Å². The average molecular weight is 242 g/mol. The summed E-state index contributed by atoms with van der Waals surface area (Å²) in [6.45, 7) is 5.42. The van der Waals surface area contributed by atoms with Crippen molar-refractivity contribution in [2.45, 2.75) is 39.2 Å². The summed E-state index contributed by atoms with van der Waals surface area (Å²) in [7, 11) is 0. The Balaban J connectivity index is 2.36. The predicted molar refractivity (Wildman–Crippen MR) is 77.7 cm³/mol. The van der Waals surface area contributed by atoms with Gasteiger partial charge in [-0.1, -0.05) is 44.9 Å². The maximum atomic E-state index is 4.27. The minimum absolute atomic E-state index is 0.447. The van der Waals surface area contributed by atoms with Gasteiger partial charge in [0.1, 0.15) is 0 Å². The first-order valence-electron chi connectivity index (χ1n) is 6.92. The first-order chi connectivity index (χ1) is 8.86. The number of nitrogens with one attached hydrogen (secondary N) is 1. The van der Waals surface area contributed by atoms with Crippen molar-refractivity contribution >= 4 is 10.8 Å². The molecular formula is C16H22N2. The minimum atomic E-state index is 0.447. The third kappa shape index (κ3) is 2.88. The summed E-state index contributed by atoms with van der Waals surface area (Å²) in [6, 6.07) is 9.06. The highest BCUT2D eigenvalue weighted by atomic mass is 14.9. The molecule has 0 aliphatic heterocycles. The van der Waals surface area contributed by atoms with Crippen molar-refractivity contribution in [1.29, 1.82) is 0 Å². The lowest BCUT2D eigenvalue weighted by atomic mass is 9.96. The molecule has 18 heavy (non-hydrogen) atoms. The van der Waals surface area contributed by atoms with E-state index in [4.69, 9.17) is 0 Å². The van der Waals surface area contributed by atoms with Gasteiger partial charge in [0.05, 0.1) is 0 Å². The molecule has 0 saturated heterocycles. The Hall–Kier alpha value is -1.41. The first-order valence-corrected chi connectivity index (χ1v) is 6.92. The van der Waals surface area contributed by atoms with Crippen molar-refractivity contribution in [3.05, 3.63) is 42.2 Å². The lowest BCUT2D eigenvalue weighted by Gasteiger charge is -2.19. The van der Waals surface area contributed by atoms with Crippen LogP contribution in [0.15, 0.2) is 36.7 Å². The molecule has 0 fully saturated rings. The zero-order chi connectivity index (χ0) is 12.8. The van der Waals surface area contributed by atoms with Gasteiger partial charge in [0.2, 0.25) is 0 Å². The van der Waals surface area contributed by atoms with Gasteiger partial charge >= 0.3 is 0 Å². The van der Waals surface area contributed by atoms with Gasteiger partial charge in [0.25, 0.3) is 0 Å². The Morgan fingerprint density at radius 3 is 2.89 bits per heavy atom. The standard InChI is InChI=1S/C16H22N2/c1-3-5-9-16(18-4-2)14-8-6-7-13-10-11-17-12-15(13)14/h6-8,10-12,16,18H,3-5,9H2,1-2H3. The molecule has 2 heteroatoms. The van der Waals surface area contributed by atoms with Gasteiger partial charge < -0.3 is 5.32 Å². The second-order valence-corrected chi connectivity index (χ2v) is 4.70. The zero-order valence-electron chi connectivity index (χ0n) is 11.3. The van der Waals surface area contributed by atoms with E-state index >= 15 is 0 Å². The summed E-state index contributed by atoms with van der Waals surface area (Å²) in [5, 5.41) is 6.16. The third-order valence-electron chi connectivity index (χ3n) is 3.39. The van der Waals surface area contributed by atoms with Crippen LogP contribution >= 0.6 is 0 Å². The summed E-state index contributed by atoms with van der Waals surface area (Å²) < 4.78 is 0. The predicted octanol–water partition coefficient (Wildman–Crippen LogP) is 4.08. The number of unbranched alkanes of at least 4 members (excludes halogenated alkanes) is 1. The Morgan fingerprint density at radius 2 is 2.11 bits per heavy atom.